The molecular formula is C10H18N2O2. The number of nitrogens with one attached hydrogen (secondary N) is 2. The molecule has 0 aliphatic carbocycles. The molecule has 0 bridgehead atoms. The van der Waals surface area contributed by atoms with E-state index in [0.717, 1.165) is 6.42 Å². The van der Waals surface area contributed by atoms with Crippen LogP contribution in [0.3, 0.4) is 0 Å². The summed E-state index contributed by atoms with van der Waals surface area (Å²) in [5, 5.41) is 4.94. The molecule has 0 aromatic carbocycles. The lowest BCUT2D eigenvalue weighted by Crippen LogP contribution is -2.40. The van der Waals surface area contributed by atoms with Crippen LogP contribution in [0.1, 0.15) is 20.3 Å². The molecule has 0 fully saturated rings. The minimum Gasteiger partial charge on any atom is -0.348 e. The highest BCUT2D eigenvalue weighted by atomic mass is 16.2. The zero-order valence-corrected chi connectivity index (χ0v) is 8.80. The second-order valence-corrected chi connectivity index (χ2v) is 3.44. The predicted molar refractivity (Wildman–Crippen MR) is 55.7 cm³/mol. The van der Waals surface area contributed by atoms with Crippen LogP contribution >= 0.6 is 0 Å². The van der Waals surface area contributed by atoms with Crippen LogP contribution in [0.4, 0.5) is 0 Å². The van der Waals surface area contributed by atoms with Crippen molar-refractivity contribution in [3.05, 3.63) is 12.7 Å². The number of carbonyl (C=O) groups excluding carboxylic acids is 2. The minimum atomic E-state index is -0.603. The van der Waals surface area contributed by atoms with Gasteiger partial charge in [-0.2, -0.15) is 0 Å². The van der Waals surface area contributed by atoms with Crippen molar-refractivity contribution < 1.29 is 9.59 Å². The first-order valence-electron chi connectivity index (χ1n) is 4.74. The third-order valence-corrected chi connectivity index (χ3v) is 1.62. The summed E-state index contributed by atoms with van der Waals surface area (Å²) in [5.74, 6) is -0.660. The summed E-state index contributed by atoms with van der Waals surface area (Å²) in [6, 6.07) is 0. The van der Waals surface area contributed by atoms with Crippen LogP contribution in [-0.2, 0) is 9.59 Å². The van der Waals surface area contributed by atoms with E-state index < -0.39 is 11.8 Å². The van der Waals surface area contributed by atoms with Crippen molar-refractivity contribution in [2.45, 2.75) is 20.3 Å². The number of hydrogen-bond acceptors (Lipinski definition) is 2. The Morgan fingerprint density at radius 2 is 1.86 bits per heavy atom. The Kier molecular flexibility index (Phi) is 6.45. The highest BCUT2D eigenvalue weighted by Gasteiger charge is 2.10. The average Bonchev–Trinajstić information content (AvgIpc) is 2.13. The molecule has 0 aromatic heterocycles. The zero-order valence-electron chi connectivity index (χ0n) is 8.80. The molecule has 0 radical (unpaired) electrons. The molecule has 4 nitrogen and oxygen atoms in total. The molecule has 0 atom stereocenters. The Hall–Kier alpha value is -1.32. The molecule has 0 saturated heterocycles. The molecule has 0 aromatic rings. The fraction of sp³-hybridized carbons (Fsp3) is 0.600. The van der Waals surface area contributed by atoms with Gasteiger partial charge in [0.1, 0.15) is 0 Å². The minimum absolute atomic E-state index is 0.316. The molecule has 4 heteroatoms. The Bertz CT molecular complexity index is 212. The summed E-state index contributed by atoms with van der Waals surface area (Å²) < 4.78 is 0. The van der Waals surface area contributed by atoms with Crippen LogP contribution in [0, 0.1) is 5.92 Å². The monoisotopic (exact) mass is 198 g/mol. The summed E-state index contributed by atoms with van der Waals surface area (Å²) in [5.41, 5.74) is 0. The number of amides is 2. The van der Waals surface area contributed by atoms with Gasteiger partial charge >= 0.3 is 11.8 Å². The summed E-state index contributed by atoms with van der Waals surface area (Å²) in [6.07, 6.45) is 2.40. The van der Waals surface area contributed by atoms with Gasteiger partial charge in [0.05, 0.1) is 0 Å². The first-order valence-corrected chi connectivity index (χ1v) is 4.74. The van der Waals surface area contributed by atoms with Crippen LogP contribution in [0.2, 0.25) is 0 Å². The zero-order chi connectivity index (χ0) is 11.0. The fourth-order valence-corrected chi connectivity index (χ4v) is 0.800. The Labute approximate surface area is 84.8 Å². The van der Waals surface area contributed by atoms with Crippen LogP contribution in [0.5, 0.6) is 0 Å². The second kappa shape index (κ2) is 7.12. The Morgan fingerprint density at radius 3 is 2.36 bits per heavy atom. The van der Waals surface area contributed by atoms with Crippen molar-refractivity contribution in [1.82, 2.24) is 10.6 Å². The molecule has 2 amide bonds. The van der Waals surface area contributed by atoms with Gasteiger partial charge in [-0.1, -0.05) is 19.9 Å². The molecule has 0 aliphatic rings. The number of carbonyl (C=O) groups is 2. The molecule has 2 N–H and O–H groups in total. The summed E-state index contributed by atoms with van der Waals surface area (Å²) >= 11 is 0. The lowest BCUT2D eigenvalue weighted by Gasteiger charge is -2.06. The van der Waals surface area contributed by atoms with Crippen molar-refractivity contribution in [3.8, 4) is 0 Å². The summed E-state index contributed by atoms with van der Waals surface area (Å²) in [7, 11) is 0. The Morgan fingerprint density at radius 1 is 1.29 bits per heavy atom. The molecule has 0 heterocycles. The van der Waals surface area contributed by atoms with Gasteiger partial charge in [0.25, 0.3) is 0 Å². The van der Waals surface area contributed by atoms with E-state index in [-0.39, 0.29) is 0 Å². The van der Waals surface area contributed by atoms with Crippen molar-refractivity contribution in [2.75, 3.05) is 13.1 Å². The first-order chi connectivity index (χ1) is 6.57. The lowest BCUT2D eigenvalue weighted by molar-refractivity contribution is -0.139. The van der Waals surface area contributed by atoms with Gasteiger partial charge < -0.3 is 10.6 Å². The molecule has 0 spiro atoms. The van der Waals surface area contributed by atoms with Crippen LogP contribution in [0.25, 0.3) is 0 Å². The van der Waals surface area contributed by atoms with E-state index in [2.05, 4.69) is 31.1 Å². The molecule has 0 rings (SSSR count). The molecule has 80 valence electrons. The normalized spacial score (nSPS) is 9.64. The summed E-state index contributed by atoms with van der Waals surface area (Å²) in [4.78, 5) is 22.1. The van der Waals surface area contributed by atoms with Gasteiger partial charge in [0.2, 0.25) is 0 Å². The lowest BCUT2D eigenvalue weighted by atomic mass is 10.1. The second-order valence-electron chi connectivity index (χ2n) is 3.44. The van der Waals surface area contributed by atoms with Crippen LogP contribution in [-0.4, -0.2) is 24.9 Å². The average molecular weight is 198 g/mol. The third-order valence-electron chi connectivity index (χ3n) is 1.62. The highest BCUT2D eigenvalue weighted by molar-refractivity contribution is 6.35. The molecule has 0 aliphatic heterocycles. The van der Waals surface area contributed by atoms with Crippen molar-refractivity contribution in [1.29, 1.82) is 0 Å². The Balaban J connectivity index is 3.62. The van der Waals surface area contributed by atoms with E-state index in [1.54, 1.807) is 0 Å². The van der Waals surface area contributed by atoms with E-state index in [1.165, 1.54) is 6.08 Å². The van der Waals surface area contributed by atoms with Crippen LogP contribution in [0.15, 0.2) is 12.7 Å². The van der Waals surface area contributed by atoms with Gasteiger partial charge in [0.15, 0.2) is 0 Å². The smallest absolute Gasteiger partial charge is 0.309 e. The SMILES string of the molecule is C=CCNC(=O)C(=O)NCCC(C)C. The van der Waals surface area contributed by atoms with E-state index >= 15 is 0 Å². The van der Waals surface area contributed by atoms with Gasteiger partial charge in [-0.05, 0) is 12.3 Å². The predicted octanol–water partition coefficient (Wildman–Crippen LogP) is 0.451. The van der Waals surface area contributed by atoms with E-state index in [1.807, 2.05) is 0 Å². The van der Waals surface area contributed by atoms with Crippen molar-refractivity contribution in [2.24, 2.45) is 5.92 Å². The maximum Gasteiger partial charge on any atom is 0.309 e. The van der Waals surface area contributed by atoms with E-state index in [9.17, 15) is 9.59 Å². The van der Waals surface area contributed by atoms with Gasteiger partial charge in [-0.15, -0.1) is 6.58 Å². The number of rotatable bonds is 5. The fourth-order valence-electron chi connectivity index (χ4n) is 0.800. The quantitative estimate of drug-likeness (QED) is 0.498. The maximum atomic E-state index is 11.1. The first kappa shape index (κ1) is 12.7. The molecule has 14 heavy (non-hydrogen) atoms. The third kappa shape index (κ3) is 6.22. The molecular weight excluding hydrogens is 180 g/mol. The van der Waals surface area contributed by atoms with Crippen molar-refractivity contribution >= 4 is 11.8 Å². The van der Waals surface area contributed by atoms with E-state index in [4.69, 9.17) is 0 Å². The van der Waals surface area contributed by atoms with Crippen molar-refractivity contribution in [3.63, 3.8) is 0 Å². The highest BCUT2D eigenvalue weighted by Crippen LogP contribution is 1.95. The molecule has 0 saturated carbocycles. The topological polar surface area (TPSA) is 58.2 Å². The van der Waals surface area contributed by atoms with Gasteiger partial charge in [0, 0.05) is 13.1 Å². The molecule has 0 unspecified atom stereocenters. The largest absolute Gasteiger partial charge is 0.348 e. The standard InChI is InChI=1S/C10H18N2O2/c1-4-6-11-9(13)10(14)12-7-5-8(2)3/h4,8H,1,5-7H2,2-3H3,(H,11,13)(H,12,14). The maximum absolute atomic E-state index is 11.1. The summed E-state index contributed by atoms with van der Waals surface area (Å²) in [6.45, 7) is 8.41. The number of hydrogen-bond donors (Lipinski definition) is 2. The van der Waals surface area contributed by atoms with E-state index in [0.29, 0.717) is 19.0 Å². The van der Waals surface area contributed by atoms with Gasteiger partial charge in [-0.25, -0.2) is 0 Å². The van der Waals surface area contributed by atoms with Gasteiger partial charge in [-0.3, -0.25) is 9.59 Å². The van der Waals surface area contributed by atoms with Crippen LogP contribution < -0.4 is 10.6 Å².